The molecular weight excluding hydrogens is 376 g/mol. The Morgan fingerprint density at radius 3 is 2.57 bits per heavy atom. The molecule has 0 radical (unpaired) electrons. The van der Waals surface area contributed by atoms with Crippen LogP contribution in [0, 0.1) is 0 Å². The van der Waals surface area contributed by atoms with E-state index in [4.69, 9.17) is 4.74 Å². The number of aliphatic hydroxyl groups excluding tert-OH is 1. The molecule has 1 aromatic heterocycles. The molecule has 0 aliphatic carbocycles. The summed E-state index contributed by atoms with van der Waals surface area (Å²) in [5.74, 6) is 0.390. The topological polar surface area (TPSA) is 79.7 Å². The molecule has 0 bridgehead atoms. The number of ether oxygens (including phenoxy) is 1. The Balaban J connectivity index is 1.89. The van der Waals surface area contributed by atoms with Gasteiger partial charge in [-0.3, -0.25) is 19.5 Å². The Morgan fingerprint density at radius 2 is 1.93 bits per heavy atom. The number of amides is 2. The third-order valence-corrected chi connectivity index (χ3v) is 5.20. The minimum Gasteiger partial charge on any atom is -0.494 e. The minimum absolute atomic E-state index is 0.0741. The van der Waals surface area contributed by atoms with E-state index in [2.05, 4.69) is 4.98 Å². The van der Waals surface area contributed by atoms with E-state index in [0.29, 0.717) is 28.4 Å². The standard InChI is InChI=1S/C21H22N2O4S/c1-2-11-27-17-7-5-16(6-8-17)18-19(28-12-10-24)21(26)23(20(18)25)14-15-4-3-9-22-13-15/h3-9,13,24H,2,10-12,14H2,1H3. The first-order valence-electron chi connectivity index (χ1n) is 9.12. The molecule has 0 saturated heterocycles. The van der Waals surface area contributed by atoms with E-state index in [9.17, 15) is 14.7 Å². The van der Waals surface area contributed by atoms with Crippen LogP contribution in [0.15, 0.2) is 53.7 Å². The molecule has 28 heavy (non-hydrogen) atoms. The first kappa shape index (κ1) is 20.1. The molecule has 6 nitrogen and oxygen atoms in total. The van der Waals surface area contributed by atoms with Crippen molar-refractivity contribution in [3.63, 3.8) is 0 Å². The molecule has 0 spiro atoms. The van der Waals surface area contributed by atoms with Crippen molar-refractivity contribution < 1.29 is 19.4 Å². The van der Waals surface area contributed by atoms with Crippen LogP contribution in [0.4, 0.5) is 0 Å². The summed E-state index contributed by atoms with van der Waals surface area (Å²) < 4.78 is 5.59. The van der Waals surface area contributed by atoms with Crippen molar-refractivity contribution in [3.05, 3.63) is 64.8 Å². The van der Waals surface area contributed by atoms with Crippen LogP contribution in [0.1, 0.15) is 24.5 Å². The number of aliphatic hydroxyl groups is 1. The second kappa shape index (κ2) is 9.52. The summed E-state index contributed by atoms with van der Waals surface area (Å²) in [4.78, 5) is 31.6. The summed E-state index contributed by atoms with van der Waals surface area (Å²) in [5.41, 5.74) is 1.81. The molecule has 3 rings (SSSR count). The molecule has 1 N–H and O–H groups in total. The van der Waals surface area contributed by atoms with Crippen LogP contribution in [-0.2, 0) is 16.1 Å². The van der Waals surface area contributed by atoms with Crippen molar-refractivity contribution in [2.45, 2.75) is 19.9 Å². The summed E-state index contributed by atoms with van der Waals surface area (Å²) >= 11 is 1.20. The number of imide groups is 1. The van der Waals surface area contributed by atoms with Gasteiger partial charge in [-0.2, -0.15) is 0 Å². The monoisotopic (exact) mass is 398 g/mol. The summed E-state index contributed by atoms with van der Waals surface area (Å²) in [7, 11) is 0. The number of hydrogen-bond acceptors (Lipinski definition) is 6. The molecule has 0 fully saturated rings. The lowest BCUT2D eigenvalue weighted by Crippen LogP contribution is -2.31. The Morgan fingerprint density at radius 1 is 1.14 bits per heavy atom. The Kier molecular flexibility index (Phi) is 6.84. The molecule has 2 aromatic rings. The van der Waals surface area contributed by atoms with E-state index >= 15 is 0 Å². The van der Waals surface area contributed by atoms with E-state index in [0.717, 1.165) is 17.7 Å². The van der Waals surface area contributed by atoms with Crippen LogP contribution in [0.2, 0.25) is 0 Å². The molecule has 1 aromatic carbocycles. The Hall–Kier alpha value is -2.64. The number of thioether (sulfide) groups is 1. The lowest BCUT2D eigenvalue weighted by molar-refractivity contribution is -0.137. The number of aromatic nitrogens is 1. The van der Waals surface area contributed by atoms with Gasteiger partial charge in [-0.05, 0) is 35.7 Å². The fraction of sp³-hybridized carbons (Fsp3) is 0.286. The van der Waals surface area contributed by atoms with Crippen LogP contribution >= 0.6 is 11.8 Å². The highest BCUT2D eigenvalue weighted by molar-refractivity contribution is 8.04. The van der Waals surface area contributed by atoms with Gasteiger partial charge in [-0.25, -0.2) is 0 Å². The minimum atomic E-state index is -0.339. The second-order valence-electron chi connectivity index (χ2n) is 6.21. The normalized spacial score (nSPS) is 14.1. The van der Waals surface area contributed by atoms with Gasteiger partial charge in [0.1, 0.15) is 5.75 Å². The highest BCUT2D eigenvalue weighted by atomic mass is 32.2. The number of carbonyl (C=O) groups excluding carboxylic acids is 2. The molecular formula is C21H22N2O4S. The van der Waals surface area contributed by atoms with Gasteiger partial charge in [-0.1, -0.05) is 25.1 Å². The van der Waals surface area contributed by atoms with Crippen LogP contribution in [0.5, 0.6) is 5.75 Å². The van der Waals surface area contributed by atoms with Crippen molar-refractivity contribution in [2.75, 3.05) is 19.0 Å². The second-order valence-corrected chi connectivity index (χ2v) is 7.31. The number of hydrogen-bond donors (Lipinski definition) is 1. The van der Waals surface area contributed by atoms with Crippen LogP contribution < -0.4 is 4.74 Å². The molecule has 146 valence electrons. The predicted octanol–water partition coefficient (Wildman–Crippen LogP) is 2.88. The fourth-order valence-corrected chi connectivity index (χ4v) is 3.72. The zero-order valence-corrected chi connectivity index (χ0v) is 16.4. The Bertz CT molecular complexity index is 866. The predicted molar refractivity (Wildman–Crippen MR) is 108 cm³/mol. The van der Waals surface area contributed by atoms with Crippen molar-refractivity contribution in [2.24, 2.45) is 0 Å². The van der Waals surface area contributed by atoms with Crippen LogP contribution in [-0.4, -0.2) is 45.8 Å². The quantitative estimate of drug-likeness (QED) is 0.655. The Labute approximate surface area is 168 Å². The maximum atomic E-state index is 13.1. The van der Waals surface area contributed by atoms with Crippen LogP contribution in [0.25, 0.3) is 5.57 Å². The number of pyridine rings is 1. The third kappa shape index (κ3) is 4.43. The van der Waals surface area contributed by atoms with Gasteiger partial charge >= 0.3 is 0 Å². The van der Waals surface area contributed by atoms with E-state index in [1.54, 1.807) is 42.7 Å². The number of benzene rings is 1. The molecule has 0 unspecified atom stereocenters. The van der Waals surface area contributed by atoms with Gasteiger partial charge in [0.25, 0.3) is 11.8 Å². The summed E-state index contributed by atoms with van der Waals surface area (Å²) in [6.07, 6.45) is 4.19. The summed E-state index contributed by atoms with van der Waals surface area (Å²) in [5, 5.41) is 9.18. The number of carbonyl (C=O) groups is 2. The van der Waals surface area contributed by atoms with E-state index < -0.39 is 0 Å². The van der Waals surface area contributed by atoms with Crippen LogP contribution in [0.3, 0.4) is 0 Å². The first-order chi connectivity index (χ1) is 13.7. The van der Waals surface area contributed by atoms with Gasteiger partial charge in [0.15, 0.2) is 0 Å². The average Bonchev–Trinajstić information content (AvgIpc) is 2.96. The van der Waals surface area contributed by atoms with Gasteiger partial charge in [-0.15, -0.1) is 11.8 Å². The van der Waals surface area contributed by atoms with Gasteiger partial charge in [0.05, 0.1) is 30.2 Å². The third-order valence-electron chi connectivity index (χ3n) is 4.14. The molecule has 7 heteroatoms. The maximum absolute atomic E-state index is 13.1. The lowest BCUT2D eigenvalue weighted by Gasteiger charge is -2.15. The van der Waals surface area contributed by atoms with Crippen molar-refractivity contribution in [1.82, 2.24) is 9.88 Å². The van der Waals surface area contributed by atoms with E-state index in [-0.39, 0.29) is 25.0 Å². The summed E-state index contributed by atoms with van der Waals surface area (Å²) in [6, 6.07) is 10.8. The molecule has 1 aliphatic rings. The molecule has 0 saturated carbocycles. The highest BCUT2D eigenvalue weighted by Gasteiger charge is 2.39. The lowest BCUT2D eigenvalue weighted by atomic mass is 10.1. The van der Waals surface area contributed by atoms with E-state index in [1.165, 1.54) is 16.7 Å². The maximum Gasteiger partial charge on any atom is 0.268 e. The van der Waals surface area contributed by atoms with E-state index in [1.807, 2.05) is 13.0 Å². The van der Waals surface area contributed by atoms with Crippen molar-refractivity contribution in [1.29, 1.82) is 0 Å². The zero-order chi connectivity index (χ0) is 19.9. The van der Waals surface area contributed by atoms with Gasteiger partial charge in [0, 0.05) is 18.1 Å². The summed E-state index contributed by atoms with van der Waals surface area (Å²) in [6.45, 7) is 2.74. The van der Waals surface area contributed by atoms with Crippen molar-refractivity contribution in [3.8, 4) is 5.75 Å². The fourth-order valence-electron chi connectivity index (χ4n) is 2.85. The highest BCUT2D eigenvalue weighted by Crippen LogP contribution is 2.37. The average molecular weight is 398 g/mol. The molecule has 2 amide bonds. The first-order valence-corrected chi connectivity index (χ1v) is 10.1. The molecule has 1 aliphatic heterocycles. The van der Waals surface area contributed by atoms with Gasteiger partial charge in [0.2, 0.25) is 0 Å². The SMILES string of the molecule is CCCOc1ccc(C2=C(SCCO)C(=O)N(Cc3cccnc3)C2=O)cc1. The molecule has 2 heterocycles. The smallest absolute Gasteiger partial charge is 0.268 e. The largest absolute Gasteiger partial charge is 0.494 e. The number of rotatable bonds is 9. The zero-order valence-electron chi connectivity index (χ0n) is 15.6. The van der Waals surface area contributed by atoms with Crippen molar-refractivity contribution >= 4 is 29.1 Å². The molecule has 0 atom stereocenters. The van der Waals surface area contributed by atoms with Gasteiger partial charge < -0.3 is 9.84 Å². The number of nitrogens with zero attached hydrogens (tertiary/aromatic N) is 2.